The zero-order valence-corrected chi connectivity index (χ0v) is 18.9. The predicted octanol–water partition coefficient (Wildman–Crippen LogP) is 3.31. The molecule has 3 rings (SSSR count). The number of carbonyl (C=O) groups excluding carboxylic acids is 2. The Labute approximate surface area is 189 Å². The normalized spacial score (nSPS) is 19.8. The number of likely N-dealkylation sites (tertiary alicyclic amines) is 1. The lowest BCUT2D eigenvalue weighted by Gasteiger charge is -2.18. The van der Waals surface area contributed by atoms with Gasteiger partial charge in [-0.3, -0.25) is 9.59 Å². The Balaban J connectivity index is 1.51. The molecule has 2 N–H and O–H groups in total. The first-order valence-electron chi connectivity index (χ1n) is 10.6. The quantitative estimate of drug-likeness (QED) is 0.605. The number of hydrogen-bond acceptors (Lipinski definition) is 4. The maximum Gasteiger partial charge on any atom is 0.253 e. The van der Waals surface area contributed by atoms with Gasteiger partial charge in [0.05, 0.1) is 6.61 Å². The number of benzene rings is 1. The van der Waals surface area contributed by atoms with E-state index in [1.807, 2.05) is 30.2 Å². The van der Waals surface area contributed by atoms with Crippen molar-refractivity contribution in [2.75, 3.05) is 39.9 Å². The maximum absolute atomic E-state index is 12.7. The summed E-state index contributed by atoms with van der Waals surface area (Å²) in [5.74, 6) is 0.370. The van der Waals surface area contributed by atoms with Gasteiger partial charge in [-0.2, -0.15) is 0 Å². The van der Waals surface area contributed by atoms with Gasteiger partial charge in [-0.05, 0) is 61.1 Å². The highest BCUT2D eigenvalue weighted by molar-refractivity contribution is 6.30. The molecule has 0 bridgehead atoms. The van der Waals surface area contributed by atoms with Crippen molar-refractivity contribution in [1.29, 1.82) is 0 Å². The molecule has 1 aliphatic carbocycles. The minimum Gasteiger partial charge on any atom is -0.390 e. The molecule has 7 heteroatoms. The summed E-state index contributed by atoms with van der Waals surface area (Å²) < 4.78 is 4.98. The van der Waals surface area contributed by atoms with Gasteiger partial charge in [0.2, 0.25) is 0 Å². The number of allylic oxidation sites excluding steroid dienone is 3. The molecular weight excluding hydrogens is 414 g/mol. The summed E-state index contributed by atoms with van der Waals surface area (Å²) in [5.41, 5.74) is 3.45. The Bertz CT molecular complexity index is 890. The summed E-state index contributed by atoms with van der Waals surface area (Å²) in [6.45, 7) is 5.25. The van der Waals surface area contributed by atoms with Crippen LogP contribution in [0.1, 0.15) is 30.1 Å². The Morgan fingerprint density at radius 2 is 2.06 bits per heavy atom. The molecule has 1 aromatic carbocycles. The smallest absolute Gasteiger partial charge is 0.253 e. The molecule has 1 aromatic rings. The third-order valence-electron chi connectivity index (χ3n) is 5.69. The largest absolute Gasteiger partial charge is 0.390 e. The molecule has 0 aromatic heterocycles. The van der Waals surface area contributed by atoms with Crippen LogP contribution in [0.3, 0.4) is 0 Å². The minimum atomic E-state index is -0.0800. The average molecular weight is 444 g/mol. The van der Waals surface area contributed by atoms with Crippen molar-refractivity contribution >= 4 is 23.4 Å². The first-order chi connectivity index (χ1) is 15.0. The van der Waals surface area contributed by atoms with Crippen molar-refractivity contribution in [2.45, 2.75) is 19.8 Å². The van der Waals surface area contributed by atoms with Crippen LogP contribution >= 0.6 is 11.6 Å². The number of rotatable bonds is 8. The molecule has 1 atom stereocenters. The van der Waals surface area contributed by atoms with Crippen LogP contribution in [0.2, 0.25) is 5.02 Å². The third kappa shape index (κ3) is 6.21. The van der Waals surface area contributed by atoms with Crippen molar-refractivity contribution in [3.05, 3.63) is 69.9 Å². The topological polar surface area (TPSA) is 70.7 Å². The molecule has 0 radical (unpaired) electrons. The van der Waals surface area contributed by atoms with Gasteiger partial charge in [0.15, 0.2) is 0 Å². The number of methoxy groups -OCH3 is 1. The lowest BCUT2D eigenvalue weighted by atomic mass is 9.93. The molecule has 1 unspecified atom stereocenters. The summed E-state index contributed by atoms with van der Waals surface area (Å²) >= 11 is 5.91. The summed E-state index contributed by atoms with van der Waals surface area (Å²) in [5, 5.41) is 6.91. The number of halogens is 1. The number of nitrogens with one attached hydrogen (secondary N) is 2. The van der Waals surface area contributed by atoms with Crippen LogP contribution in [0, 0.1) is 5.92 Å². The highest BCUT2D eigenvalue weighted by atomic mass is 35.5. The second kappa shape index (κ2) is 11.2. The van der Waals surface area contributed by atoms with Crippen LogP contribution in [0.5, 0.6) is 0 Å². The predicted molar refractivity (Wildman–Crippen MR) is 123 cm³/mol. The summed E-state index contributed by atoms with van der Waals surface area (Å²) in [4.78, 5) is 26.9. The fourth-order valence-corrected chi connectivity index (χ4v) is 3.96. The zero-order chi connectivity index (χ0) is 22.2. The molecule has 0 saturated carbocycles. The Hall–Kier alpha value is -2.57. The Morgan fingerprint density at radius 1 is 1.29 bits per heavy atom. The zero-order valence-electron chi connectivity index (χ0n) is 18.1. The van der Waals surface area contributed by atoms with Gasteiger partial charge in [0.25, 0.3) is 11.8 Å². The van der Waals surface area contributed by atoms with Gasteiger partial charge in [-0.15, -0.1) is 0 Å². The molecule has 0 spiro atoms. The standard InChI is InChI=1S/C24H30ClN3O3/c1-17-20(4-3-5-22(17)23(29)27-11-13-31-2)15-26-14-18-10-12-28(16-18)24(30)19-6-8-21(25)9-7-19/h3,5-9,15,18,26H,4,10-14,16H2,1-2H3,(H,27,29)/b20-15+. The van der Waals surface area contributed by atoms with E-state index in [-0.39, 0.29) is 11.8 Å². The monoisotopic (exact) mass is 443 g/mol. The van der Waals surface area contributed by atoms with E-state index < -0.39 is 0 Å². The van der Waals surface area contributed by atoms with E-state index in [9.17, 15) is 9.59 Å². The summed E-state index contributed by atoms with van der Waals surface area (Å²) in [6.07, 6.45) is 7.65. The van der Waals surface area contributed by atoms with Crippen molar-refractivity contribution in [2.24, 2.45) is 5.92 Å². The van der Waals surface area contributed by atoms with Gasteiger partial charge < -0.3 is 20.3 Å². The van der Waals surface area contributed by atoms with E-state index in [0.717, 1.165) is 43.6 Å². The number of ether oxygens (including phenoxy) is 1. The van der Waals surface area contributed by atoms with Crippen LogP contribution in [0.15, 0.2) is 59.3 Å². The highest BCUT2D eigenvalue weighted by Gasteiger charge is 2.26. The second-order valence-electron chi connectivity index (χ2n) is 7.88. The van der Waals surface area contributed by atoms with Crippen LogP contribution in [0.25, 0.3) is 0 Å². The van der Waals surface area contributed by atoms with Crippen LogP contribution in [-0.4, -0.2) is 56.6 Å². The van der Waals surface area contributed by atoms with E-state index >= 15 is 0 Å². The van der Waals surface area contributed by atoms with Gasteiger partial charge in [0.1, 0.15) is 0 Å². The number of hydrogen-bond donors (Lipinski definition) is 2. The van der Waals surface area contributed by atoms with Crippen LogP contribution < -0.4 is 10.6 Å². The highest BCUT2D eigenvalue weighted by Crippen LogP contribution is 2.24. The fourth-order valence-electron chi connectivity index (χ4n) is 3.84. The molecule has 1 fully saturated rings. The molecule has 166 valence electrons. The van der Waals surface area contributed by atoms with E-state index in [1.54, 1.807) is 31.4 Å². The van der Waals surface area contributed by atoms with Gasteiger partial charge in [0, 0.05) is 55.6 Å². The molecule has 31 heavy (non-hydrogen) atoms. The SMILES string of the molecule is COCCNC(=O)C1=C(C)/C(=C/NCC2CCN(C(=O)c3ccc(Cl)cc3)C2)CC=C1. The van der Waals surface area contributed by atoms with E-state index in [1.165, 1.54) is 0 Å². The molecule has 1 aliphatic heterocycles. The lowest BCUT2D eigenvalue weighted by Crippen LogP contribution is -2.30. The van der Waals surface area contributed by atoms with Gasteiger partial charge >= 0.3 is 0 Å². The fraction of sp³-hybridized carbons (Fsp3) is 0.417. The van der Waals surface area contributed by atoms with Crippen LogP contribution in [0.4, 0.5) is 0 Å². The van der Waals surface area contributed by atoms with E-state index in [0.29, 0.717) is 35.2 Å². The minimum absolute atomic E-state index is 0.0536. The maximum atomic E-state index is 12.7. The third-order valence-corrected chi connectivity index (χ3v) is 5.94. The molecule has 2 amide bonds. The molecule has 1 saturated heterocycles. The molecule has 2 aliphatic rings. The van der Waals surface area contributed by atoms with Crippen molar-refractivity contribution in [3.8, 4) is 0 Å². The van der Waals surface area contributed by atoms with Gasteiger partial charge in [-0.25, -0.2) is 0 Å². The molecular formula is C24H30ClN3O3. The van der Waals surface area contributed by atoms with Crippen LogP contribution in [-0.2, 0) is 9.53 Å². The van der Waals surface area contributed by atoms with E-state index in [4.69, 9.17) is 16.3 Å². The van der Waals surface area contributed by atoms with Gasteiger partial charge in [-0.1, -0.05) is 23.8 Å². The first kappa shape index (κ1) is 23.1. The number of nitrogens with zero attached hydrogens (tertiary/aromatic N) is 1. The molecule has 6 nitrogen and oxygen atoms in total. The average Bonchev–Trinajstić information content (AvgIpc) is 3.24. The number of carbonyl (C=O) groups is 2. The Morgan fingerprint density at radius 3 is 2.81 bits per heavy atom. The van der Waals surface area contributed by atoms with E-state index in [2.05, 4.69) is 10.6 Å². The summed E-state index contributed by atoms with van der Waals surface area (Å²) in [7, 11) is 1.61. The van der Waals surface area contributed by atoms with Crippen molar-refractivity contribution < 1.29 is 14.3 Å². The van der Waals surface area contributed by atoms with Crippen molar-refractivity contribution in [3.63, 3.8) is 0 Å². The lowest BCUT2D eigenvalue weighted by molar-refractivity contribution is -0.117. The van der Waals surface area contributed by atoms with Crippen molar-refractivity contribution in [1.82, 2.24) is 15.5 Å². The molecule has 1 heterocycles. The number of amides is 2. The first-order valence-corrected chi connectivity index (χ1v) is 11.0. The summed E-state index contributed by atoms with van der Waals surface area (Å²) in [6, 6.07) is 7.04. The Kier molecular flexibility index (Phi) is 8.32. The second-order valence-corrected chi connectivity index (χ2v) is 8.32.